The lowest BCUT2D eigenvalue weighted by molar-refractivity contribution is -0.143. The van der Waals surface area contributed by atoms with Crippen LogP contribution in [0, 0.1) is 13.8 Å². The molecule has 1 unspecified atom stereocenters. The monoisotopic (exact) mass is 237 g/mol. The molecule has 4 nitrogen and oxygen atoms in total. The lowest BCUT2D eigenvalue weighted by atomic mass is 9.99. The van der Waals surface area contributed by atoms with E-state index in [1.807, 2.05) is 26.0 Å². The van der Waals surface area contributed by atoms with E-state index in [9.17, 15) is 4.79 Å². The van der Waals surface area contributed by atoms with Crippen molar-refractivity contribution < 1.29 is 14.3 Å². The quantitative estimate of drug-likeness (QED) is 0.810. The Kier molecular flexibility index (Phi) is 4.52. The average molecular weight is 237 g/mol. The second-order valence-electron chi connectivity index (χ2n) is 3.95. The first-order chi connectivity index (χ1) is 8.04. The van der Waals surface area contributed by atoms with Gasteiger partial charge in [0.25, 0.3) is 0 Å². The Balaban J connectivity index is 3.31. The van der Waals surface area contributed by atoms with Crippen LogP contribution in [0.25, 0.3) is 0 Å². The molecule has 0 saturated carbocycles. The predicted octanol–water partition coefficient (Wildman–Crippen LogP) is 1.75. The smallest absolute Gasteiger partial charge is 0.327 e. The lowest BCUT2D eigenvalue weighted by Crippen LogP contribution is -2.27. The fraction of sp³-hybridized carbons (Fsp3) is 0.462. The summed E-state index contributed by atoms with van der Waals surface area (Å²) in [7, 11) is 4.70. The van der Waals surface area contributed by atoms with Gasteiger partial charge in [-0.25, -0.2) is 4.79 Å². The van der Waals surface area contributed by atoms with E-state index in [4.69, 9.17) is 9.47 Å². The standard InChI is InChI=1S/C13H19NO3/c1-8-6-9(2)12(16-4)10(7-8)11(14-3)13(15)17-5/h6-7,11,14H,1-5H3. The summed E-state index contributed by atoms with van der Waals surface area (Å²) in [6, 6.07) is 3.45. The van der Waals surface area contributed by atoms with Crippen LogP contribution in [0.4, 0.5) is 0 Å². The molecular formula is C13H19NO3. The molecule has 0 aliphatic heterocycles. The maximum Gasteiger partial charge on any atom is 0.327 e. The summed E-state index contributed by atoms with van der Waals surface area (Å²) in [6.07, 6.45) is 0. The highest BCUT2D eigenvalue weighted by Crippen LogP contribution is 2.30. The molecule has 1 rings (SSSR count). The molecule has 1 N–H and O–H groups in total. The molecule has 1 aromatic carbocycles. The first-order valence-corrected chi connectivity index (χ1v) is 5.45. The Morgan fingerprint density at radius 2 is 1.94 bits per heavy atom. The highest BCUT2D eigenvalue weighted by molar-refractivity contribution is 5.79. The molecular weight excluding hydrogens is 218 g/mol. The lowest BCUT2D eigenvalue weighted by Gasteiger charge is -2.19. The molecule has 0 heterocycles. The number of benzene rings is 1. The number of carbonyl (C=O) groups is 1. The SMILES string of the molecule is CNC(C(=O)OC)c1cc(C)cc(C)c1OC. The van der Waals surface area contributed by atoms with Crippen LogP contribution >= 0.6 is 0 Å². The van der Waals surface area contributed by atoms with Gasteiger partial charge >= 0.3 is 5.97 Å². The van der Waals surface area contributed by atoms with Crippen molar-refractivity contribution in [2.75, 3.05) is 21.3 Å². The Morgan fingerprint density at radius 1 is 1.29 bits per heavy atom. The molecule has 0 aliphatic rings. The van der Waals surface area contributed by atoms with Crippen LogP contribution < -0.4 is 10.1 Å². The first kappa shape index (κ1) is 13.5. The number of hydrogen-bond donors (Lipinski definition) is 1. The average Bonchev–Trinajstić information content (AvgIpc) is 2.29. The Morgan fingerprint density at radius 3 is 2.41 bits per heavy atom. The van der Waals surface area contributed by atoms with Crippen LogP contribution in [-0.4, -0.2) is 27.2 Å². The maximum atomic E-state index is 11.7. The fourth-order valence-electron chi connectivity index (χ4n) is 2.00. The Labute approximate surface area is 102 Å². The van der Waals surface area contributed by atoms with Gasteiger partial charge in [-0.15, -0.1) is 0 Å². The normalized spacial score (nSPS) is 12.1. The minimum atomic E-state index is -0.506. The van der Waals surface area contributed by atoms with Gasteiger partial charge in [0.1, 0.15) is 11.8 Å². The van der Waals surface area contributed by atoms with Crippen molar-refractivity contribution in [3.63, 3.8) is 0 Å². The molecule has 0 fully saturated rings. The second-order valence-corrected chi connectivity index (χ2v) is 3.95. The van der Waals surface area contributed by atoms with Crippen molar-refractivity contribution in [1.29, 1.82) is 0 Å². The molecule has 0 spiro atoms. The van der Waals surface area contributed by atoms with Gasteiger partial charge in [-0.2, -0.15) is 0 Å². The van der Waals surface area contributed by atoms with E-state index in [0.717, 1.165) is 22.4 Å². The van der Waals surface area contributed by atoms with Gasteiger partial charge in [-0.3, -0.25) is 0 Å². The van der Waals surface area contributed by atoms with E-state index in [2.05, 4.69) is 5.32 Å². The highest BCUT2D eigenvalue weighted by Gasteiger charge is 2.24. The molecule has 0 aliphatic carbocycles. The zero-order valence-electron chi connectivity index (χ0n) is 11.0. The molecule has 17 heavy (non-hydrogen) atoms. The summed E-state index contributed by atoms with van der Waals surface area (Å²) < 4.78 is 10.1. The van der Waals surface area contributed by atoms with Crippen molar-refractivity contribution in [3.8, 4) is 5.75 Å². The summed E-state index contributed by atoms with van der Waals surface area (Å²) in [4.78, 5) is 11.7. The van der Waals surface area contributed by atoms with Gasteiger partial charge in [0.15, 0.2) is 0 Å². The Hall–Kier alpha value is -1.55. The van der Waals surface area contributed by atoms with E-state index in [1.165, 1.54) is 7.11 Å². The fourth-order valence-corrected chi connectivity index (χ4v) is 2.00. The number of esters is 1. The minimum Gasteiger partial charge on any atom is -0.496 e. The molecule has 1 aromatic rings. The highest BCUT2D eigenvalue weighted by atomic mass is 16.5. The molecule has 4 heteroatoms. The number of ether oxygens (including phenoxy) is 2. The molecule has 0 aromatic heterocycles. The van der Waals surface area contributed by atoms with E-state index < -0.39 is 6.04 Å². The van der Waals surface area contributed by atoms with Gasteiger partial charge in [0.05, 0.1) is 14.2 Å². The molecule has 94 valence electrons. The zero-order valence-corrected chi connectivity index (χ0v) is 11.0. The third kappa shape index (κ3) is 2.77. The minimum absolute atomic E-state index is 0.323. The van der Waals surface area contributed by atoms with E-state index in [-0.39, 0.29) is 5.97 Å². The maximum absolute atomic E-state index is 11.7. The molecule has 0 bridgehead atoms. The largest absolute Gasteiger partial charge is 0.496 e. The van der Waals surface area contributed by atoms with Crippen molar-refractivity contribution in [3.05, 3.63) is 28.8 Å². The van der Waals surface area contributed by atoms with Crippen LogP contribution in [0.1, 0.15) is 22.7 Å². The molecule has 1 atom stereocenters. The third-order valence-electron chi connectivity index (χ3n) is 2.69. The third-order valence-corrected chi connectivity index (χ3v) is 2.69. The summed E-state index contributed by atoms with van der Waals surface area (Å²) in [5.41, 5.74) is 2.90. The Bertz CT molecular complexity index is 415. The summed E-state index contributed by atoms with van der Waals surface area (Å²) in [6.45, 7) is 3.94. The van der Waals surface area contributed by atoms with Gasteiger partial charge in [0.2, 0.25) is 0 Å². The molecule has 0 radical (unpaired) electrons. The summed E-state index contributed by atoms with van der Waals surface area (Å²) >= 11 is 0. The topological polar surface area (TPSA) is 47.6 Å². The predicted molar refractivity (Wildman–Crippen MR) is 66.3 cm³/mol. The molecule has 0 saturated heterocycles. The number of rotatable bonds is 4. The van der Waals surface area contributed by atoms with Crippen LogP contribution in [-0.2, 0) is 9.53 Å². The number of hydrogen-bond acceptors (Lipinski definition) is 4. The van der Waals surface area contributed by atoms with Crippen LogP contribution in [0.5, 0.6) is 5.75 Å². The van der Waals surface area contributed by atoms with Crippen molar-refractivity contribution in [2.45, 2.75) is 19.9 Å². The van der Waals surface area contributed by atoms with Gasteiger partial charge in [-0.05, 0) is 26.5 Å². The summed E-state index contributed by atoms with van der Waals surface area (Å²) in [5.74, 6) is 0.399. The van der Waals surface area contributed by atoms with E-state index in [0.29, 0.717) is 0 Å². The van der Waals surface area contributed by atoms with Crippen molar-refractivity contribution in [2.24, 2.45) is 0 Å². The van der Waals surface area contributed by atoms with E-state index in [1.54, 1.807) is 14.2 Å². The molecule has 0 amide bonds. The zero-order chi connectivity index (χ0) is 13.0. The summed E-state index contributed by atoms with van der Waals surface area (Å²) in [5, 5.41) is 2.94. The van der Waals surface area contributed by atoms with Gasteiger partial charge in [-0.1, -0.05) is 17.7 Å². The van der Waals surface area contributed by atoms with Crippen molar-refractivity contribution >= 4 is 5.97 Å². The number of carbonyl (C=O) groups excluding carboxylic acids is 1. The van der Waals surface area contributed by atoms with E-state index >= 15 is 0 Å². The number of methoxy groups -OCH3 is 2. The number of likely N-dealkylation sites (N-methyl/N-ethyl adjacent to an activating group) is 1. The number of nitrogens with one attached hydrogen (secondary N) is 1. The van der Waals surface area contributed by atoms with Gasteiger partial charge < -0.3 is 14.8 Å². The van der Waals surface area contributed by atoms with Crippen LogP contribution in [0.15, 0.2) is 12.1 Å². The second kappa shape index (κ2) is 5.68. The first-order valence-electron chi connectivity index (χ1n) is 5.45. The van der Waals surface area contributed by atoms with Crippen LogP contribution in [0.3, 0.4) is 0 Å². The number of aryl methyl sites for hydroxylation is 2. The van der Waals surface area contributed by atoms with Crippen molar-refractivity contribution in [1.82, 2.24) is 5.32 Å². The van der Waals surface area contributed by atoms with Crippen LogP contribution in [0.2, 0.25) is 0 Å². The van der Waals surface area contributed by atoms with Gasteiger partial charge in [0, 0.05) is 5.56 Å².